The summed E-state index contributed by atoms with van der Waals surface area (Å²) in [6.07, 6.45) is -2.78. The van der Waals surface area contributed by atoms with Gasteiger partial charge >= 0.3 is 5.97 Å². The molecule has 23 N–H and O–H groups in total. The second-order valence-electron chi connectivity index (χ2n) is 19.6. The quantitative estimate of drug-likeness (QED) is 0.0173. The van der Waals surface area contributed by atoms with E-state index in [0.717, 1.165) is 13.8 Å². The lowest BCUT2D eigenvalue weighted by molar-refractivity contribution is -0.143. The Labute approximate surface area is 460 Å². The number of phenolic OH excluding ortho intramolecular Hbond substituents is 1. The van der Waals surface area contributed by atoms with Gasteiger partial charge in [-0.3, -0.25) is 52.9 Å². The number of aliphatic imine (C=N–C) groups is 1. The number of aromatic amines is 1. The fraction of sp³-hybridized carbons (Fsp3) is 0.571. The van der Waals surface area contributed by atoms with Crippen LogP contribution in [0.25, 0.3) is 0 Å². The number of aliphatic hydroxyl groups excluding tert-OH is 2. The largest absolute Gasteiger partial charge is 0.508 e. The van der Waals surface area contributed by atoms with Crippen LogP contribution in [0.2, 0.25) is 0 Å². The molecule has 2 aromatic rings. The molecule has 31 heteroatoms. The third-order valence-corrected chi connectivity index (χ3v) is 12.2. The van der Waals surface area contributed by atoms with Gasteiger partial charge in [0.25, 0.3) is 0 Å². The third-order valence-electron chi connectivity index (χ3n) is 12.2. The molecule has 1 aromatic carbocycles. The highest BCUT2D eigenvalue weighted by Crippen LogP contribution is 2.15. The number of benzene rings is 1. The minimum atomic E-state index is -1.97. The summed E-state index contributed by atoms with van der Waals surface area (Å²) in [6, 6.07) is -9.36. The number of nitrogens with two attached hydrogens (primary N) is 5. The van der Waals surface area contributed by atoms with E-state index in [4.69, 9.17) is 28.7 Å². The number of carbonyl (C=O) groups is 11. The zero-order valence-electron chi connectivity index (χ0n) is 45.4. The number of phenols is 1. The Hall–Kier alpha value is -8.45. The van der Waals surface area contributed by atoms with Crippen LogP contribution in [-0.2, 0) is 65.6 Å². The van der Waals surface area contributed by atoms with Crippen LogP contribution in [0, 0.1) is 11.8 Å². The zero-order chi connectivity index (χ0) is 60.6. The van der Waals surface area contributed by atoms with Gasteiger partial charge in [-0.15, -0.1) is 0 Å². The van der Waals surface area contributed by atoms with Crippen molar-refractivity contribution in [1.29, 1.82) is 0 Å². The number of aromatic hydroxyl groups is 1. The maximum absolute atomic E-state index is 14.1. The normalized spacial score (nSPS) is 15.6. The molecule has 31 nitrogen and oxygen atoms in total. The lowest BCUT2D eigenvalue weighted by Crippen LogP contribution is -2.63. The molecule has 1 aromatic heterocycles. The highest BCUT2D eigenvalue weighted by Gasteiger charge is 2.38. The number of aliphatic hydroxyl groups is 2. The van der Waals surface area contributed by atoms with Gasteiger partial charge in [0.15, 0.2) is 5.96 Å². The molecule has 0 bridgehead atoms. The molecule has 0 saturated heterocycles. The van der Waals surface area contributed by atoms with E-state index in [1.54, 1.807) is 27.7 Å². The first-order chi connectivity index (χ1) is 37.4. The van der Waals surface area contributed by atoms with Crippen molar-refractivity contribution in [3.63, 3.8) is 0 Å². The van der Waals surface area contributed by atoms with Crippen LogP contribution < -0.4 is 71.2 Å². The molecule has 1 heterocycles. The molecule has 0 spiro atoms. The van der Waals surface area contributed by atoms with Crippen molar-refractivity contribution in [3.05, 3.63) is 48.0 Å². The van der Waals surface area contributed by atoms with E-state index in [1.807, 2.05) is 0 Å². The van der Waals surface area contributed by atoms with Crippen LogP contribution >= 0.6 is 0 Å². The summed E-state index contributed by atoms with van der Waals surface area (Å²) in [5.41, 5.74) is 28.6. The van der Waals surface area contributed by atoms with Crippen molar-refractivity contribution < 1.29 is 73.2 Å². The van der Waals surface area contributed by atoms with Crippen LogP contribution in [0.1, 0.15) is 91.3 Å². The van der Waals surface area contributed by atoms with Crippen LogP contribution in [0.3, 0.4) is 0 Å². The van der Waals surface area contributed by atoms with Crippen molar-refractivity contribution in [2.24, 2.45) is 45.5 Å². The smallest absolute Gasteiger partial charge is 0.326 e. The van der Waals surface area contributed by atoms with Crippen molar-refractivity contribution in [2.45, 2.75) is 159 Å². The fourth-order valence-electron chi connectivity index (χ4n) is 7.70. The number of rotatable bonds is 35. The molecule has 0 unspecified atom stereocenters. The Morgan fingerprint density at radius 1 is 0.600 bits per heavy atom. The first kappa shape index (κ1) is 67.7. The minimum absolute atomic E-state index is 0.0286. The molecule has 0 saturated carbocycles. The first-order valence-corrected chi connectivity index (χ1v) is 25.6. The maximum atomic E-state index is 14.1. The van der Waals surface area contributed by atoms with Gasteiger partial charge in [0.2, 0.25) is 59.1 Å². The summed E-state index contributed by atoms with van der Waals surface area (Å²) in [5, 5.41) is 60.2. The summed E-state index contributed by atoms with van der Waals surface area (Å²) in [5.74, 6) is -13.4. The Kier molecular flexibility index (Phi) is 28.0. The molecular formula is C49H78N16O15. The number of carboxylic acid groups (broad SMARTS) is 1. The van der Waals surface area contributed by atoms with Gasteiger partial charge in [-0.25, -0.2) is 9.78 Å². The summed E-state index contributed by atoms with van der Waals surface area (Å²) in [7, 11) is 0. The van der Waals surface area contributed by atoms with Gasteiger partial charge in [0.1, 0.15) is 54.1 Å². The van der Waals surface area contributed by atoms with Gasteiger partial charge < -0.3 is 96.6 Å². The minimum Gasteiger partial charge on any atom is -0.508 e. The number of primary amides is 2. The van der Waals surface area contributed by atoms with Gasteiger partial charge in [0.05, 0.1) is 37.4 Å². The number of H-pyrrole nitrogens is 1. The van der Waals surface area contributed by atoms with Crippen LogP contribution in [-0.4, -0.2) is 175 Å². The van der Waals surface area contributed by atoms with Crippen LogP contribution in [0.15, 0.2) is 41.8 Å². The Bertz CT molecular complexity index is 2470. The molecule has 12 atom stereocenters. The monoisotopic (exact) mass is 1130 g/mol. The molecular weight excluding hydrogens is 1050 g/mol. The van der Waals surface area contributed by atoms with Gasteiger partial charge in [-0.05, 0) is 62.6 Å². The first-order valence-electron chi connectivity index (χ1n) is 25.6. The van der Waals surface area contributed by atoms with Crippen molar-refractivity contribution >= 4 is 71.0 Å². The predicted molar refractivity (Wildman–Crippen MR) is 285 cm³/mol. The number of carboxylic acids is 1. The average molecular weight is 1130 g/mol. The Morgan fingerprint density at radius 3 is 1.54 bits per heavy atom. The second-order valence-corrected chi connectivity index (χ2v) is 19.6. The number of guanidine groups is 1. The lowest BCUT2D eigenvalue weighted by Gasteiger charge is -2.30. The molecule has 444 valence electrons. The fourth-order valence-corrected chi connectivity index (χ4v) is 7.70. The number of carbonyl (C=O) groups excluding carboxylic acids is 10. The molecule has 0 fully saturated rings. The molecule has 80 heavy (non-hydrogen) atoms. The van der Waals surface area contributed by atoms with Gasteiger partial charge in [-0.2, -0.15) is 0 Å². The number of hydrogen-bond acceptors (Lipinski definition) is 17. The van der Waals surface area contributed by atoms with E-state index in [2.05, 4.69) is 57.5 Å². The number of amides is 10. The summed E-state index contributed by atoms with van der Waals surface area (Å²) < 4.78 is 0. The number of nitrogens with one attached hydrogen (secondary N) is 9. The van der Waals surface area contributed by atoms with Crippen LogP contribution in [0.5, 0.6) is 5.75 Å². The molecule has 10 amide bonds. The molecule has 0 radical (unpaired) electrons. The van der Waals surface area contributed by atoms with Crippen LogP contribution in [0.4, 0.5) is 0 Å². The van der Waals surface area contributed by atoms with Crippen molar-refractivity contribution in [1.82, 2.24) is 52.5 Å². The summed E-state index contributed by atoms with van der Waals surface area (Å²) in [6.45, 7) is 8.82. The Morgan fingerprint density at radius 2 is 1.05 bits per heavy atom. The topological polar surface area (TPSA) is 536 Å². The van der Waals surface area contributed by atoms with E-state index in [1.165, 1.54) is 36.8 Å². The number of nitrogens with zero attached hydrogens (tertiary/aromatic N) is 2. The molecule has 2 rings (SSSR count). The third kappa shape index (κ3) is 23.7. The van der Waals surface area contributed by atoms with E-state index >= 15 is 0 Å². The SMILES string of the molecule is CC[C@H](C)[C@H](NC(=O)[C@H](CC(N)=O)NC(=O)[C@H](CCCN=C(N)N)NC(=O)[C@@H](NC(=O)[C@@H](NC(=O)[C@H](Cc1ccc(O)cc1)NC(=O)[C@H](CC(N)=O)NC(=O)[C@@H](N)Cc1cnc[nH]1)[C@@H](C)O)[C@@H](C)O)C(=O)N[C@@H](CC(C)C)C(=O)O. The standard InChI is InChI=1S/C49H78N16O15/c1-7-23(4)37(45(76)62-34(48(79)80)15-22(2)3)63-44(75)33(19-36(52)70)61-41(72)30(9-8-14-56-49(53)54)58-46(77)38(24(5)66)65-47(78)39(25(6)67)64-43(74)31(16-26-10-12-28(68)13-11-26)60-42(73)32(18-35(51)69)59-40(71)29(50)17-27-20-55-21-57-27/h10-13,20-25,29-34,37-39,66-68H,7-9,14-19,50H2,1-6H3,(H2,51,69)(H2,52,70)(H,55,57)(H,58,77)(H,59,71)(H,60,73)(H,61,72)(H,62,76)(H,63,75)(H,64,74)(H,65,78)(H,79,80)(H4,53,54,56)/t23-,24+,25+,29-,30-,31-,32-,33-,34-,37-,38-,39-/m0/s1. The zero-order valence-corrected chi connectivity index (χ0v) is 45.4. The lowest BCUT2D eigenvalue weighted by atomic mass is 9.96. The van der Waals surface area contributed by atoms with Gasteiger partial charge in [0, 0.05) is 31.3 Å². The number of aromatic nitrogens is 2. The van der Waals surface area contributed by atoms with E-state index in [9.17, 15) is 73.2 Å². The predicted octanol–water partition coefficient (Wildman–Crippen LogP) is -6.15. The maximum Gasteiger partial charge on any atom is 0.326 e. The molecule has 0 aliphatic rings. The average Bonchev–Trinajstić information content (AvgIpc) is 3.88. The number of imidazole rings is 1. The van der Waals surface area contributed by atoms with E-state index in [-0.39, 0.29) is 56.3 Å². The highest BCUT2D eigenvalue weighted by atomic mass is 16.4. The van der Waals surface area contributed by atoms with E-state index < -0.39 is 150 Å². The summed E-state index contributed by atoms with van der Waals surface area (Å²) in [4.78, 5) is 157. The second kappa shape index (κ2) is 33.1. The van der Waals surface area contributed by atoms with E-state index in [0.29, 0.717) is 17.7 Å². The Balaban J connectivity index is 2.46. The van der Waals surface area contributed by atoms with Crippen molar-refractivity contribution in [3.8, 4) is 5.75 Å². The van der Waals surface area contributed by atoms with Gasteiger partial charge in [-0.1, -0.05) is 46.2 Å². The van der Waals surface area contributed by atoms with Crippen molar-refractivity contribution in [2.75, 3.05) is 6.54 Å². The molecule has 0 aliphatic carbocycles. The molecule has 0 aliphatic heterocycles. The highest BCUT2D eigenvalue weighted by molar-refractivity contribution is 6.00. The number of aliphatic carboxylic acids is 1. The summed E-state index contributed by atoms with van der Waals surface area (Å²) >= 11 is 0. The number of hydrogen-bond donors (Lipinski definition) is 18.